The molecule has 26 heavy (non-hydrogen) atoms. The Kier molecular flexibility index (Phi) is 4.10. The summed E-state index contributed by atoms with van der Waals surface area (Å²) in [5.41, 5.74) is 4.63. The van der Waals surface area contributed by atoms with Crippen molar-refractivity contribution in [2.24, 2.45) is 7.05 Å². The van der Waals surface area contributed by atoms with Crippen LogP contribution in [0.5, 0.6) is 0 Å². The van der Waals surface area contributed by atoms with Gasteiger partial charge in [0.05, 0.1) is 22.3 Å². The number of aromatic nitrogens is 3. The first kappa shape index (κ1) is 16.9. The first-order chi connectivity index (χ1) is 12.5. The molecule has 0 aliphatic carbocycles. The van der Waals surface area contributed by atoms with Crippen LogP contribution in [-0.4, -0.2) is 20.0 Å². The number of imidazole rings is 1. The molecule has 4 nitrogen and oxygen atoms in total. The number of hydrogen-bond acceptors (Lipinski definition) is 2. The van der Waals surface area contributed by atoms with Gasteiger partial charge in [0.25, 0.3) is 0 Å². The van der Waals surface area contributed by atoms with E-state index in [1.54, 1.807) is 24.3 Å². The molecule has 0 spiro atoms. The maximum atomic E-state index is 12.9. The molecule has 2 aromatic heterocycles. The normalized spacial score (nSPS) is 11.8. The third kappa shape index (κ3) is 2.54. The minimum Gasteiger partial charge on any atom is -0.327 e. The summed E-state index contributed by atoms with van der Waals surface area (Å²) in [7, 11) is 1.93. The number of fused-ring (bicyclic) bond motifs is 3. The van der Waals surface area contributed by atoms with E-state index in [0.717, 1.165) is 16.7 Å². The average Bonchev–Trinajstić information content (AvgIpc) is 3.09. The van der Waals surface area contributed by atoms with E-state index in [4.69, 9.17) is 23.2 Å². The van der Waals surface area contributed by atoms with Gasteiger partial charge in [0.15, 0.2) is 5.78 Å². The second kappa shape index (κ2) is 6.31. The van der Waals surface area contributed by atoms with E-state index in [9.17, 15) is 4.79 Å². The van der Waals surface area contributed by atoms with Gasteiger partial charge < -0.3 is 4.57 Å². The second-order valence-electron chi connectivity index (χ2n) is 6.08. The van der Waals surface area contributed by atoms with Crippen molar-refractivity contribution >= 4 is 51.7 Å². The van der Waals surface area contributed by atoms with E-state index in [-0.39, 0.29) is 5.78 Å². The molecule has 4 rings (SSSR count). The molecule has 0 saturated heterocycles. The summed E-state index contributed by atoms with van der Waals surface area (Å²) in [5.74, 6) is -0.139. The maximum absolute atomic E-state index is 12.9. The van der Waals surface area contributed by atoms with Crippen LogP contribution in [0.2, 0.25) is 10.0 Å². The fraction of sp³-hybridized carbons (Fsp3) is 0.100. The minimum absolute atomic E-state index is 0.139. The SMILES string of the molecule is Cc1nn2c3ccccc3n(C)c2c1C(=O)C=Cc1c(Cl)cccc1Cl. The lowest BCUT2D eigenvalue weighted by atomic mass is 10.1. The molecule has 0 aliphatic rings. The Morgan fingerprint density at radius 2 is 1.69 bits per heavy atom. The lowest BCUT2D eigenvalue weighted by Gasteiger charge is -2.01. The Hall–Kier alpha value is -2.56. The number of nitrogens with zero attached hydrogens (tertiary/aromatic N) is 3. The maximum Gasteiger partial charge on any atom is 0.191 e. The number of carbonyl (C=O) groups is 1. The van der Waals surface area contributed by atoms with Gasteiger partial charge in [-0.25, -0.2) is 4.52 Å². The van der Waals surface area contributed by atoms with Gasteiger partial charge in [-0.1, -0.05) is 41.4 Å². The number of benzene rings is 2. The summed E-state index contributed by atoms with van der Waals surface area (Å²) in [6, 6.07) is 13.2. The number of para-hydroxylation sites is 2. The van der Waals surface area contributed by atoms with Crippen LogP contribution < -0.4 is 0 Å². The number of ketones is 1. The summed E-state index contributed by atoms with van der Waals surface area (Å²) < 4.78 is 3.80. The largest absolute Gasteiger partial charge is 0.327 e. The zero-order chi connectivity index (χ0) is 18.4. The highest BCUT2D eigenvalue weighted by atomic mass is 35.5. The molecule has 0 fully saturated rings. The molecule has 0 amide bonds. The molecular weight excluding hydrogens is 369 g/mol. The standard InChI is InChI=1S/C20H15Cl2N3O/c1-12-19(18(26)11-10-13-14(21)6-5-7-15(13)22)20-24(2)16-8-3-4-9-17(16)25(20)23-12/h3-11H,1-2H3. The summed E-state index contributed by atoms with van der Waals surface area (Å²) in [6.07, 6.45) is 3.15. The zero-order valence-corrected chi connectivity index (χ0v) is 15.7. The molecule has 0 atom stereocenters. The van der Waals surface area contributed by atoms with Crippen LogP contribution in [0, 0.1) is 6.92 Å². The fourth-order valence-electron chi connectivity index (χ4n) is 3.23. The zero-order valence-electron chi connectivity index (χ0n) is 14.2. The van der Waals surface area contributed by atoms with Gasteiger partial charge in [-0.15, -0.1) is 0 Å². The summed E-state index contributed by atoms with van der Waals surface area (Å²) in [4.78, 5) is 12.9. The summed E-state index contributed by atoms with van der Waals surface area (Å²) in [6.45, 7) is 1.84. The topological polar surface area (TPSA) is 39.3 Å². The van der Waals surface area contributed by atoms with E-state index in [1.807, 2.05) is 47.3 Å². The van der Waals surface area contributed by atoms with Crippen LogP contribution >= 0.6 is 23.2 Å². The molecule has 2 heterocycles. The number of carbonyl (C=O) groups excluding carboxylic acids is 1. The van der Waals surface area contributed by atoms with Crippen molar-refractivity contribution in [2.75, 3.05) is 0 Å². The predicted octanol–water partition coefficient (Wildman–Crippen LogP) is 5.34. The molecule has 0 radical (unpaired) electrons. The van der Waals surface area contributed by atoms with Crippen LogP contribution in [0.25, 0.3) is 22.8 Å². The molecule has 0 aliphatic heterocycles. The molecule has 0 N–H and O–H groups in total. The Labute approximate surface area is 160 Å². The van der Waals surface area contributed by atoms with E-state index in [1.165, 1.54) is 6.08 Å². The third-order valence-electron chi connectivity index (χ3n) is 4.47. The van der Waals surface area contributed by atoms with Gasteiger partial charge in [-0.2, -0.15) is 5.10 Å². The van der Waals surface area contributed by atoms with Crippen molar-refractivity contribution in [3.63, 3.8) is 0 Å². The predicted molar refractivity (Wildman–Crippen MR) is 106 cm³/mol. The van der Waals surface area contributed by atoms with Crippen LogP contribution in [0.15, 0.2) is 48.5 Å². The number of aryl methyl sites for hydroxylation is 2. The Bertz CT molecular complexity index is 1180. The fourth-order valence-corrected chi connectivity index (χ4v) is 3.76. The van der Waals surface area contributed by atoms with Gasteiger partial charge >= 0.3 is 0 Å². The molecule has 0 bridgehead atoms. The number of rotatable bonds is 3. The quantitative estimate of drug-likeness (QED) is 0.353. The Morgan fingerprint density at radius 3 is 2.38 bits per heavy atom. The number of allylic oxidation sites excluding steroid dienone is 1. The lowest BCUT2D eigenvalue weighted by molar-refractivity contribution is 0.104. The van der Waals surface area contributed by atoms with Crippen molar-refractivity contribution in [3.05, 3.63) is 75.4 Å². The van der Waals surface area contributed by atoms with Crippen LogP contribution in [-0.2, 0) is 7.05 Å². The summed E-state index contributed by atoms with van der Waals surface area (Å²) >= 11 is 12.4. The van der Waals surface area contributed by atoms with Gasteiger partial charge in [-0.05, 0) is 43.3 Å². The molecule has 6 heteroatoms. The van der Waals surface area contributed by atoms with Gasteiger partial charge in [0.1, 0.15) is 5.65 Å². The third-order valence-corrected chi connectivity index (χ3v) is 5.13. The first-order valence-electron chi connectivity index (χ1n) is 8.08. The van der Waals surface area contributed by atoms with Gasteiger partial charge in [0.2, 0.25) is 0 Å². The van der Waals surface area contributed by atoms with Crippen molar-refractivity contribution in [1.82, 2.24) is 14.2 Å². The van der Waals surface area contributed by atoms with Gasteiger partial charge in [-0.3, -0.25) is 4.79 Å². The highest BCUT2D eigenvalue weighted by Gasteiger charge is 2.20. The first-order valence-corrected chi connectivity index (χ1v) is 8.84. The highest BCUT2D eigenvalue weighted by Crippen LogP contribution is 2.27. The molecule has 0 unspecified atom stereocenters. The van der Waals surface area contributed by atoms with Crippen LogP contribution in [0.1, 0.15) is 21.6 Å². The van der Waals surface area contributed by atoms with Crippen molar-refractivity contribution in [3.8, 4) is 0 Å². The highest BCUT2D eigenvalue weighted by molar-refractivity contribution is 6.37. The Balaban J connectivity index is 1.85. The van der Waals surface area contributed by atoms with E-state index < -0.39 is 0 Å². The monoisotopic (exact) mass is 383 g/mol. The number of hydrogen-bond donors (Lipinski definition) is 0. The summed E-state index contributed by atoms with van der Waals surface area (Å²) in [5, 5.41) is 5.57. The van der Waals surface area contributed by atoms with E-state index in [0.29, 0.717) is 26.9 Å². The second-order valence-corrected chi connectivity index (χ2v) is 6.89. The molecule has 130 valence electrons. The lowest BCUT2D eigenvalue weighted by Crippen LogP contribution is -2.00. The van der Waals surface area contributed by atoms with Crippen LogP contribution in [0.3, 0.4) is 0 Å². The smallest absolute Gasteiger partial charge is 0.191 e. The molecular formula is C20H15Cl2N3O. The van der Waals surface area contributed by atoms with E-state index >= 15 is 0 Å². The van der Waals surface area contributed by atoms with Gasteiger partial charge in [0, 0.05) is 22.7 Å². The average molecular weight is 384 g/mol. The molecule has 2 aromatic carbocycles. The number of halogens is 2. The molecule has 4 aromatic rings. The van der Waals surface area contributed by atoms with Crippen LogP contribution in [0.4, 0.5) is 0 Å². The van der Waals surface area contributed by atoms with E-state index in [2.05, 4.69) is 5.10 Å². The van der Waals surface area contributed by atoms with Crippen molar-refractivity contribution in [1.29, 1.82) is 0 Å². The van der Waals surface area contributed by atoms with Crippen molar-refractivity contribution in [2.45, 2.75) is 6.92 Å². The molecule has 0 saturated carbocycles. The Morgan fingerprint density at radius 1 is 1.04 bits per heavy atom. The minimum atomic E-state index is -0.139. The van der Waals surface area contributed by atoms with Crippen molar-refractivity contribution < 1.29 is 4.79 Å².